The number of hydrogen-bond donors (Lipinski definition) is 1. The number of carbonyl (C=O) groups is 2. The first-order valence-electron chi connectivity index (χ1n) is 8.44. The largest absolute Gasteiger partial charge is 0.493 e. The van der Waals surface area contributed by atoms with Gasteiger partial charge in [-0.3, -0.25) is 9.59 Å². The first-order chi connectivity index (χ1) is 12.8. The van der Waals surface area contributed by atoms with Crippen LogP contribution in [0, 0.1) is 0 Å². The molecule has 0 atom stereocenters. The summed E-state index contributed by atoms with van der Waals surface area (Å²) >= 11 is 6.28. The molecule has 0 aliphatic heterocycles. The molecule has 0 unspecified atom stereocenters. The number of ether oxygens (including phenoxy) is 2. The van der Waals surface area contributed by atoms with Gasteiger partial charge < -0.3 is 14.8 Å². The van der Waals surface area contributed by atoms with Gasteiger partial charge in [-0.2, -0.15) is 0 Å². The predicted octanol–water partition coefficient (Wildman–Crippen LogP) is 4.99. The predicted molar refractivity (Wildman–Crippen MR) is 108 cm³/mol. The van der Waals surface area contributed by atoms with Crippen molar-refractivity contribution in [1.29, 1.82) is 0 Å². The zero-order valence-corrected chi connectivity index (χ0v) is 16.5. The first kappa shape index (κ1) is 20.5. The number of ketones is 1. The monoisotopic (exact) mass is 387 g/mol. The molecular weight excluding hydrogens is 366 g/mol. The molecule has 0 bridgehead atoms. The molecule has 2 rings (SSSR count). The molecular formula is C21H22ClNO4. The third-order valence-corrected chi connectivity index (χ3v) is 3.87. The van der Waals surface area contributed by atoms with Crippen molar-refractivity contribution in [2.24, 2.45) is 0 Å². The highest BCUT2D eigenvalue weighted by molar-refractivity contribution is 6.32. The molecule has 0 fully saturated rings. The zero-order valence-electron chi connectivity index (χ0n) is 15.7. The number of hydrogen-bond acceptors (Lipinski definition) is 4. The normalized spacial score (nSPS) is 10.9. The topological polar surface area (TPSA) is 64.6 Å². The van der Waals surface area contributed by atoms with Crippen LogP contribution in [-0.4, -0.2) is 24.9 Å². The molecule has 0 saturated carbocycles. The van der Waals surface area contributed by atoms with Crippen molar-refractivity contribution in [1.82, 2.24) is 0 Å². The Morgan fingerprint density at radius 1 is 1.15 bits per heavy atom. The molecule has 0 saturated heterocycles. The summed E-state index contributed by atoms with van der Waals surface area (Å²) < 4.78 is 11.0. The number of Topliss-reactive ketones (excluding diaryl/α,β-unsaturated/α-hetero) is 1. The van der Waals surface area contributed by atoms with Crippen LogP contribution >= 0.6 is 11.6 Å². The van der Waals surface area contributed by atoms with Crippen molar-refractivity contribution >= 4 is 35.1 Å². The van der Waals surface area contributed by atoms with Crippen molar-refractivity contribution < 1.29 is 19.1 Å². The lowest BCUT2D eigenvalue weighted by Crippen LogP contribution is -2.08. The third kappa shape index (κ3) is 5.86. The summed E-state index contributed by atoms with van der Waals surface area (Å²) in [7, 11) is 1.53. The van der Waals surface area contributed by atoms with Crippen molar-refractivity contribution in [3.8, 4) is 11.5 Å². The highest BCUT2D eigenvalue weighted by atomic mass is 35.5. The van der Waals surface area contributed by atoms with Crippen LogP contribution in [0.2, 0.25) is 5.02 Å². The van der Waals surface area contributed by atoms with E-state index >= 15 is 0 Å². The molecule has 2 aromatic rings. The van der Waals surface area contributed by atoms with Crippen LogP contribution in [0.15, 0.2) is 42.5 Å². The summed E-state index contributed by atoms with van der Waals surface area (Å²) in [6.45, 7) is 5.29. The van der Waals surface area contributed by atoms with E-state index in [1.807, 2.05) is 13.8 Å². The molecule has 2 aromatic carbocycles. The number of amides is 1. The number of nitrogens with one attached hydrogen (secondary N) is 1. The van der Waals surface area contributed by atoms with Crippen LogP contribution in [0.3, 0.4) is 0 Å². The molecule has 1 N–H and O–H groups in total. The number of carbonyl (C=O) groups excluding carboxylic acids is 2. The second kappa shape index (κ2) is 9.24. The van der Waals surface area contributed by atoms with Crippen LogP contribution in [0.4, 0.5) is 5.69 Å². The molecule has 142 valence electrons. The van der Waals surface area contributed by atoms with E-state index in [0.717, 1.165) is 0 Å². The Balaban J connectivity index is 2.11. The van der Waals surface area contributed by atoms with Gasteiger partial charge in [0, 0.05) is 17.3 Å². The Kier molecular flexibility index (Phi) is 7.02. The highest BCUT2D eigenvalue weighted by Crippen LogP contribution is 2.37. The van der Waals surface area contributed by atoms with Gasteiger partial charge in [0.1, 0.15) is 0 Å². The van der Waals surface area contributed by atoms with E-state index in [4.69, 9.17) is 21.1 Å². The molecule has 0 aliphatic carbocycles. The van der Waals surface area contributed by atoms with E-state index in [-0.39, 0.29) is 17.8 Å². The molecule has 0 spiro atoms. The Bertz CT molecular complexity index is 857. The Morgan fingerprint density at radius 2 is 1.81 bits per heavy atom. The number of benzene rings is 2. The Morgan fingerprint density at radius 3 is 2.37 bits per heavy atom. The summed E-state index contributed by atoms with van der Waals surface area (Å²) in [5, 5.41) is 3.14. The van der Waals surface area contributed by atoms with Gasteiger partial charge in [-0.25, -0.2) is 0 Å². The van der Waals surface area contributed by atoms with Crippen molar-refractivity contribution in [3.05, 3.63) is 58.6 Å². The minimum absolute atomic E-state index is 0.0245. The summed E-state index contributed by atoms with van der Waals surface area (Å²) in [5.41, 5.74) is 1.90. The van der Waals surface area contributed by atoms with E-state index in [9.17, 15) is 9.59 Å². The van der Waals surface area contributed by atoms with E-state index in [1.165, 1.54) is 20.1 Å². The van der Waals surface area contributed by atoms with Gasteiger partial charge in [0.25, 0.3) is 0 Å². The summed E-state index contributed by atoms with van der Waals surface area (Å²) in [6, 6.07) is 10.1. The molecule has 0 heterocycles. The Labute approximate surface area is 163 Å². The van der Waals surface area contributed by atoms with Crippen LogP contribution < -0.4 is 14.8 Å². The second-order valence-corrected chi connectivity index (χ2v) is 6.56. The zero-order chi connectivity index (χ0) is 20.0. The van der Waals surface area contributed by atoms with Crippen molar-refractivity contribution in [2.75, 3.05) is 12.4 Å². The van der Waals surface area contributed by atoms with Gasteiger partial charge in [0.15, 0.2) is 17.3 Å². The minimum atomic E-state index is -0.303. The van der Waals surface area contributed by atoms with Gasteiger partial charge in [0.2, 0.25) is 5.91 Å². The fourth-order valence-electron chi connectivity index (χ4n) is 2.33. The van der Waals surface area contributed by atoms with E-state index in [0.29, 0.717) is 33.3 Å². The van der Waals surface area contributed by atoms with Crippen LogP contribution in [0.25, 0.3) is 6.08 Å². The average molecular weight is 388 g/mol. The maximum absolute atomic E-state index is 12.1. The molecule has 5 nitrogen and oxygen atoms in total. The number of methoxy groups -OCH3 is 1. The lowest BCUT2D eigenvalue weighted by molar-refractivity contribution is -0.111. The van der Waals surface area contributed by atoms with Gasteiger partial charge in [-0.05, 0) is 68.8 Å². The number of anilines is 1. The van der Waals surface area contributed by atoms with Crippen LogP contribution in [0.1, 0.15) is 36.7 Å². The van der Waals surface area contributed by atoms with Crippen molar-refractivity contribution in [2.45, 2.75) is 26.9 Å². The SMILES string of the molecule is COc1cc(/C=C/C(=O)Nc2ccc(C(C)=O)cc2)cc(Cl)c1OC(C)C. The lowest BCUT2D eigenvalue weighted by atomic mass is 10.1. The van der Waals surface area contributed by atoms with Gasteiger partial charge in [0.05, 0.1) is 18.2 Å². The molecule has 6 heteroatoms. The van der Waals surface area contributed by atoms with Crippen molar-refractivity contribution in [3.63, 3.8) is 0 Å². The van der Waals surface area contributed by atoms with Crippen LogP contribution in [0.5, 0.6) is 11.5 Å². The summed E-state index contributed by atoms with van der Waals surface area (Å²) in [6.07, 6.45) is 2.98. The van der Waals surface area contributed by atoms with Gasteiger partial charge >= 0.3 is 0 Å². The number of halogens is 1. The maximum atomic E-state index is 12.1. The molecule has 0 radical (unpaired) electrons. The lowest BCUT2D eigenvalue weighted by Gasteiger charge is -2.15. The van der Waals surface area contributed by atoms with E-state index < -0.39 is 0 Å². The van der Waals surface area contributed by atoms with E-state index in [1.54, 1.807) is 42.5 Å². The molecule has 27 heavy (non-hydrogen) atoms. The number of rotatable bonds is 7. The van der Waals surface area contributed by atoms with E-state index in [2.05, 4.69) is 5.32 Å². The van der Waals surface area contributed by atoms with Crippen LogP contribution in [-0.2, 0) is 4.79 Å². The summed E-state index contributed by atoms with van der Waals surface area (Å²) in [4.78, 5) is 23.4. The quantitative estimate of drug-likeness (QED) is 0.537. The average Bonchev–Trinajstić information content (AvgIpc) is 2.62. The van der Waals surface area contributed by atoms with Gasteiger partial charge in [-0.1, -0.05) is 11.6 Å². The third-order valence-electron chi connectivity index (χ3n) is 3.59. The molecule has 0 aromatic heterocycles. The fourth-order valence-corrected chi connectivity index (χ4v) is 2.59. The first-order valence-corrected chi connectivity index (χ1v) is 8.82. The molecule has 0 aliphatic rings. The second-order valence-electron chi connectivity index (χ2n) is 6.16. The standard InChI is InChI=1S/C21H22ClNO4/c1-13(2)27-21-18(22)11-15(12-19(21)26-4)5-10-20(25)23-17-8-6-16(7-9-17)14(3)24/h5-13H,1-4H3,(H,23,25)/b10-5+. The smallest absolute Gasteiger partial charge is 0.248 e. The fraction of sp³-hybridized carbons (Fsp3) is 0.238. The summed E-state index contributed by atoms with van der Waals surface area (Å²) in [5.74, 6) is 0.643. The minimum Gasteiger partial charge on any atom is -0.493 e. The van der Waals surface area contributed by atoms with Gasteiger partial charge in [-0.15, -0.1) is 0 Å². The maximum Gasteiger partial charge on any atom is 0.248 e. The Hall–Kier alpha value is -2.79. The molecule has 1 amide bonds. The highest BCUT2D eigenvalue weighted by Gasteiger charge is 2.12.